The van der Waals surface area contributed by atoms with Crippen molar-refractivity contribution in [1.82, 2.24) is 4.98 Å². The molecule has 1 heterocycles. The average Bonchev–Trinajstić information content (AvgIpc) is 2.24. The van der Waals surface area contributed by atoms with E-state index in [2.05, 4.69) is 4.98 Å². The maximum absolute atomic E-state index is 11.5. The number of Topliss-reactive ketones (excluding diaryl/α,β-unsaturated/α-hetero) is 1. The first-order valence-corrected chi connectivity index (χ1v) is 5.51. The first kappa shape index (κ1) is 12.8. The van der Waals surface area contributed by atoms with Crippen molar-refractivity contribution in [3.05, 3.63) is 30.1 Å². The zero-order chi connectivity index (χ0) is 12.0. The average molecular weight is 221 g/mol. The van der Waals surface area contributed by atoms with Crippen molar-refractivity contribution < 1.29 is 9.53 Å². The van der Waals surface area contributed by atoms with Gasteiger partial charge in [0, 0.05) is 23.7 Å². The molecule has 0 spiro atoms. The summed E-state index contributed by atoms with van der Waals surface area (Å²) in [6, 6.07) is 5.78. The van der Waals surface area contributed by atoms with Crippen LogP contribution in [0.15, 0.2) is 24.4 Å². The molecule has 0 aromatic carbocycles. The monoisotopic (exact) mass is 221 g/mol. The van der Waals surface area contributed by atoms with Gasteiger partial charge >= 0.3 is 0 Å². The number of ether oxygens (including phenoxy) is 1. The number of ketones is 1. The number of hydrogen-bond acceptors (Lipinski definition) is 3. The van der Waals surface area contributed by atoms with Gasteiger partial charge in [-0.3, -0.25) is 9.78 Å². The molecule has 0 aliphatic heterocycles. The molecule has 0 amide bonds. The van der Waals surface area contributed by atoms with Gasteiger partial charge in [-0.25, -0.2) is 0 Å². The minimum atomic E-state index is -0.314. The molecule has 0 fully saturated rings. The van der Waals surface area contributed by atoms with Crippen LogP contribution in [0.3, 0.4) is 0 Å². The van der Waals surface area contributed by atoms with Gasteiger partial charge in [-0.1, -0.05) is 26.8 Å². The molecule has 88 valence electrons. The van der Waals surface area contributed by atoms with E-state index >= 15 is 0 Å². The van der Waals surface area contributed by atoms with E-state index in [1.165, 1.54) is 0 Å². The molecule has 3 heteroatoms. The highest BCUT2D eigenvalue weighted by atomic mass is 16.5. The Hall–Kier alpha value is -1.22. The zero-order valence-corrected chi connectivity index (χ0v) is 10.2. The van der Waals surface area contributed by atoms with Gasteiger partial charge in [0.2, 0.25) is 0 Å². The lowest BCUT2D eigenvalue weighted by Crippen LogP contribution is -2.25. The van der Waals surface area contributed by atoms with Gasteiger partial charge in [0.05, 0.1) is 6.61 Å². The first-order chi connectivity index (χ1) is 7.50. The second-order valence-electron chi connectivity index (χ2n) is 4.80. The zero-order valence-electron chi connectivity index (χ0n) is 10.2. The van der Waals surface area contributed by atoms with Gasteiger partial charge in [-0.2, -0.15) is 0 Å². The Labute approximate surface area is 96.8 Å². The van der Waals surface area contributed by atoms with E-state index in [1.54, 1.807) is 6.20 Å². The maximum Gasteiger partial charge on any atom is 0.163 e. The lowest BCUT2D eigenvalue weighted by molar-refractivity contribution is -0.131. The Kier molecular flexibility index (Phi) is 4.62. The number of aromatic nitrogens is 1. The van der Waals surface area contributed by atoms with Gasteiger partial charge in [0.1, 0.15) is 6.61 Å². The largest absolute Gasteiger partial charge is 0.373 e. The van der Waals surface area contributed by atoms with Gasteiger partial charge in [0.15, 0.2) is 5.78 Å². The highest BCUT2D eigenvalue weighted by Gasteiger charge is 2.20. The summed E-state index contributed by atoms with van der Waals surface area (Å²) in [5, 5.41) is 0. The standard InChI is InChI=1S/C13H19NO2/c1-13(2,3)12(15)10-16-9-7-11-6-4-5-8-14-11/h4-6,8H,7,9-10H2,1-3H3. The minimum Gasteiger partial charge on any atom is -0.373 e. The maximum atomic E-state index is 11.5. The topological polar surface area (TPSA) is 39.2 Å². The molecular weight excluding hydrogens is 202 g/mol. The quantitative estimate of drug-likeness (QED) is 0.716. The summed E-state index contributed by atoms with van der Waals surface area (Å²) in [6.07, 6.45) is 2.51. The van der Waals surface area contributed by atoms with Crippen LogP contribution in [0, 0.1) is 5.41 Å². The van der Waals surface area contributed by atoms with Gasteiger partial charge in [0.25, 0.3) is 0 Å². The fourth-order valence-corrected chi connectivity index (χ4v) is 1.10. The van der Waals surface area contributed by atoms with Crippen molar-refractivity contribution in [3.63, 3.8) is 0 Å². The molecule has 0 atom stereocenters. The van der Waals surface area contributed by atoms with Crippen LogP contribution < -0.4 is 0 Å². The molecule has 0 unspecified atom stereocenters. The van der Waals surface area contributed by atoms with E-state index in [9.17, 15) is 4.79 Å². The minimum absolute atomic E-state index is 0.133. The van der Waals surface area contributed by atoms with Crippen LogP contribution in [0.1, 0.15) is 26.5 Å². The number of nitrogens with zero attached hydrogens (tertiary/aromatic N) is 1. The van der Waals surface area contributed by atoms with Gasteiger partial charge in [-0.15, -0.1) is 0 Å². The Balaban J connectivity index is 2.20. The van der Waals surface area contributed by atoms with E-state index in [0.29, 0.717) is 6.61 Å². The third-order valence-corrected chi connectivity index (χ3v) is 2.30. The van der Waals surface area contributed by atoms with Gasteiger partial charge < -0.3 is 4.74 Å². The van der Waals surface area contributed by atoms with E-state index in [0.717, 1.165) is 12.1 Å². The van der Waals surface area contributed by atoms with Crippen LogP contribution in [0.4, 0.5) is 0 Å². The highest BCUT2D eigenvalue weighted by molar-refractivity contribution is 5.84. The number of hydrogen-bond donors (Lipinski definition) is 0. The third kappa shape index (κ3) is 4.53. The van der Waals surface area contributed by atoms with Crippen molar-refractivity contribution in [2.75, 3.05) is 13.2 Å². The smallest absolute Gasteiger partial charge is 0.163 e. The number of carbonyl (C=O) groups excluding carboxylic acids is 1. The van der Waals surface area contributed by atoms with Crippen molar-refractivity contribution >= 4 is 5.78 Å². The highest BCUT2D eigenvalue weighted by Crippen LogP contribution is 2.14. The van der Waals surface area contributed by atoms with E-state index in [-0.39, 0.29) is 17.8 Å². The molecule has 1 aromatic rings. The first-order valence-electron chi connectivity index (χ1n) is 5.51. The van der Waals surface area contributed by atoms with Crippen molar-refractivity contribution in [1.29, 1.82) is 0 Å². The Morgan fingerprint density at radius 2 is 2.12 bits per heavy atom. The molecule has 1 aromatic heterocycles. The molecule has 3 nitrogen and oxygen atoms in total. The van der Waals surface area contributed by atoms with E-state index < -0.39 is 0 Å². The molecule has 16 heavy (non-hydrogen) atoms. The van der Waals surface area contributed by atoms with Crippen molar-refractivity contribution in [2.45, 2.75) is 27.2 Å². The fraction of sp³-hybridized carbons (Fsp3) is 0.538. The lowest BCUT2D eigenvalue weighted by Gasteiger charge is -2.16. The third-order valence-electron chi connectivity index (χ3n) is 2.30. The summed E-state index contributed by atoms with van der Waals surface area (Å²) < 4.78 is 5.34. The fourth-order valence-electron chi connectivity index (χ4n) is 1.10. The molecule has 0 saturated carbocycles. The van der Waals surface area contributed by atoms with E-state index in [1.807, 2.05) is 39.0 Å². The van der Waals surface area contributed by atoms with Crippen LogP contribution in [0.25, 0.3) is 0 Å². The summed E-state index contributed by atoms with van der Waals surface area (Å²) in [6.45, 7) is 6.43. The number of carbonyl (C=O) groups is 1. The molecule has 0 aliphatic carbocycles. The summed E-state index contributed by atoms with van der Waals surface area (Å²) in [4.78, 5) is 15.7. The van der Waals surface area contributed by atoms with Crippen LogP contribution in [0.2, 0.25) is 0 Å². The Bertz CT molecular complexity index is 328. The van der Waals surface area contributed by atoms with E-state index in [4.69, 9.17) is 4.74 Å². The second kappa shape index (κ2) is 5.75. The SMILES string of the molecule is CC(C)(C)C(=O)COCCc1ccccn1. The Morgan fingerprint density at radius 3 is 2.69 bits per heavy atom. The van der Waals surface area contributed by atoms with Crippen LogP contribution in [-0.2, 0) is 16.0 Å². The van der Waals surface area contributed by atoms with Crippen molar-refractivity contribution in [3.8, 4) is 0 Å². The molecule has 0 radical (unpaired) electrons. The predicted molar refractivity (Wildman–Crippen MR) is 63.2 cm³/mol. The second-order valence-corrected chi connectivity index (χ2v) is 4.80. The Morgan fingerprint density at radius 1 is 1.38 bits per heavy atom. The molecule has 0 aliphatic rings. The van der Waals surface area contributed by atoms with Gasteiger partial charge in [-0.05, 0) is 12.1 Å². The normalized spacial score (nSPS) is 11.4. The summed E-state index contributed by atoms with van der Waals surface area (Å²) >= 11 is 0. The molecule has 0 N–H and O–H groups in total. The van der Waals surface area contributed by atoms with Crippen LogP contribution >= 0.6 is 0 Å². The predicted octanol–water partition coefficient (Wildman–Crippen LogP) is 2.26. The van der Waals surface area contributed by atoms with Crippen molar-refractivity contribution in [2.24, 2.45) is 5.41 Å². The van der Waals surface area contributed by atoms with Crippen LogP contribution in [0.5, 0.6) is 0 Å². The number of pyridine rings is 1. The van der Waals surface area contributed by atoms with Crippen LogP contribution in [-0.4, -0.2) is 24.0 Å². The molecule has 0 bridgehead atoms. The summed E-state index contributed by atoms with van der Waals surface area (Å²) in [7, 11) is 0. The summed E-state index contributed by atoms with van der Waals surface area (Å²) in [5.74, 6) is 0.133. The molecular formula is C13H19NO2. The number of rotatable bonds is 5. The molecule has 0 saturated heterocycles. The lowest BCUT2D eigenvalue weighted by atomic mass is 9.91. The summed E-state index contributed by atoms with van der Waals surface area (Å²) in [5.41, 5.74) is 0.677. The molecule has 1 rings (SSSR count).